The van der Waals surface area contributed by atoms with Crippen molar-refractivity contribution in [2.24, 2.45) is 0 Å². The lowest BCUT2D eigenvalue weighted by Gasteiger charge is -1.98. The molecule has 1 rings (SSSR count). The molecule has 0 unspecified atom stereocenters. The van der Waals surface area contributed by atoms with Crippen LogP contribution in [0.1, 0.15) is 10.5 Å². The lowest BCUT2D eigenvalue weighted by atomic mass is 10.3. The molecule has 17 heavy (non-hydrogen) atoms. The van der Waals surface area contributed by atoms with Gasteiger partial charge in [-0.3, -0.25) is 19.7 Å². The van der Waals surface area contributed by atoms with Crippen molar-refractivity contribution in [3.8, 4) is 0 Å². The van der Waals surface area contributed by atoms with E-state index in [9.17, 15) is 19.7 Å². The Bertz CT molecular complexity index is 442. The first-order valence-corrected chi connectivity index (χ1v) is 5.70. The van der Waals surface area contributed by atoms with Crippen molar-refractivity contribution in [2.75, 3.05) is 18.6 Å². The fourth-order valence-corrected chi connectivity index (χ4v) is 1.74. The highest BCUT2D eigenvalue weighted by Gasteiger charge is 2.14. The minimum atomic E-state index is -0.588. The Morgan fingerprint density at radius 1 is 1.53 bits per heavy atom. The Morgan fingerprint density at radius 2 is 2.24 bits per heavy atom. The number of nitrogens with one attached hydrogen (secondary N) is 1. The third-order valence-electron chi connectivity index (χ3n) is 1.86. The standard InChI is InChI=1S/C9H10N2O5S/c1-16-9(13)5-17-4-8(12)7-2-6(3-10-7)11(14)15/h2-3,10H,4-5H2,1H3. The van der Waals surface area contributed by atoms with Crippen LogP contribution in [0.25, 0.3) is 0 Å². The van der Waals surface area contributed by atoms with E-state index >= 15 is 0 Å². The second kappa shape index (κ2) is 6.04. The van der Waals surface area contributed by atoms with Crippen LogP contribution in [0.5, 0.6) is 0 Å². The van der Waals surface area contributed by atoms with Gasteiger partial charge in [-0.2, -0.15) is 0 Å². The summed E-state index contributed by atoms with van der Waals surface area (Å²) in [4.78, 5) is 34.6. The van der Waals surface area contributed by atoms with E-state index < -0.39 is 10.9 Å². The molecule has 0 radical (unpaired) electrons. The number of ether oxygens (including phenoxy) is 1. The second-order valence-corrected chi connectivity index (χ2v) is 4.01. The maximum atomic E-state index is 11.5. The van der Waals surface area contributed by atoms with E-state index in [1.54, 1.807) is 0 Å². The number of hydrogen-bond acceptors (Lipinski definition) is 6. The third kappa shape index (κ3) is 3.91. The maximum Gasteiger partial charge on any atom is 0.315 e. The highest BCUT2D eigenvalue weighted by atomic mass is 32.2. The predicted octanol–water partition coefficient (Wildman–Crippen LogP) is 1.01. The molecule has 1 aromatic heterocycles. The van der Waals surface area contributed by atoms with E-state index in [0.717, 1.165) is 18.0 Å². The Kier molecular flexibility index (Phi) is 4.70. The molecule has 0 aliphatic rings. The summed E-state index contributed by atoms with van der Waals surface area (Å²) in [5.74, 6) is -0.579. The summed E-state index contributed by atoms with van der Waals surface area (Å²) in [6.45, 7) is 0. The first-order chi connectivity index (χ1) is 8.04. The number of thioether (sulfide) groups is 1. The van der Waals surface area contributed by atoms with Crippen LogP contribution < -0.4 is 0 Å². The third-order valence-corrected chi connectivity index (χ3v) is 2.77. The van der Waals surface area contributed by atoms with Gasteiger partial charge in [-0.1, -0.05) is 0 Å². The monoisotopic (exact) mass is 258 g/mol. The summed E-state index contributed by atoms with van der Waals surface area (Å²) in [6, 6.07) is 1.17. The molecule has 0 aromatic carbocycles. The number of Topliss-reactive ketones (excluding diaryl/α,β-unsaturated/α-hetero) is 1. The molecule has 0 bridgehead atoms. The van der Waals surface area contributed by atoms with Gasteiger partial charge in [-0.15, -0.1) is 11.8 Å². The number of methoxy groups -OCH3 is 1. The molecule has 0 fully saturated rings. The van der Waals surface area contributed by atoms with Gasteiger partial charge in [0.25, 0.3) is 5.69 Å². The van der Waals surface area contributed by atoms with Gasteiger partial charge in [0.1, 0.15) is 0 Å². The lowest BCUT2D eigenvalue weighted by Crippen LogP contribution is -2.08. The van der Waals surface area contributed by atoms with Crippen molar-refractivity contribution in [3.63, 3.8) is 0 Å². The maximum absolute atomic E-state index is 11.5. The Hall–Kier alpha value is -1.83. The number of hydrogen-bond donors (Lipinski definition) is 1. The average molecular weight is 258 g/mol. The van der Waals surface area contributed by atoms with E-state index in [2.05, 4.69) is 9.72 Å². The van der Waals surface area contributed by atoms with Crippen LogP contribution in [-0.2, 0) is 9.53 Å². The van der Waals surface area contributed by atoms with Crippen LogP contribution in [-0.4, -0.2) is 40.3 Å². The van der Waals surface area contributed by atoms with E-state index in [1.807, 2.05) is 0 Å². The van der Waals surface area contributed by atoms with Gasteiger partial charge >= 0.3 is 5.97 Å². The summed E-state index contributed by atoms with van der Waals surface area (Å²) in [5.41, 5.74) is 0.000355. The van der Waals surface area contributed by atoms with Crippen LogP contribution in [0.3, 0.4) is 0 Å². The summed E-state index contributed by atoms with van der Waals surface area (Å²) in [5, 5.41) is 10.4. The van der Waals surface area contributed by atoms with Crippen molar-refractivity contribution in [1.29, 1.82) is 0 Å². The van der Waals surface area contributed by atoms with Gasteiger partial charge in [-0.25, -0.2) is 0 Å². The number of esters is 1. The molecule has 8 heteroatoms. The second-order valence-electron chi connectivity index (χ2n) is 3.02. The molecule has 0 atom stereocenters. The zero-order valence-corrected chi connectivity index (χ0v) is 9.78. The summed E-state index contributed by atoms with van der Waals surface area (Å²) in [6.07, 6.45) is 1.15. The minimum absolute atomic E-state index is 0.0623. The van der Waals surface area contributed by atoms with Crippen molar-refractivity contribution in [2.45, 2.75) is 0 Å². The van der Waals surface area contributed by atoms with Gasteiger partial charge in [0.05, 0.1) is 35.4 Å². The number of carbonyl (C=O) groups is 2. The van der Waals surface area contributed by atoms with Crippen molar-refractivity contribution in [1.82, 2.24) is 4.98 Å². The summed E-state index contributed by atoms with van der Waals surface area (Å²) >= 11 is 1.09. The van der Waals surface area contributed by atoms with Crippen molar-refractivity contribution < 1.29 is 19.2 Å². The Morgan fingerprint density at radius 3 is 2.76 bits per heavy atom. The molecule has 92 valence electrons. The van der Waals surface area contributed by atoms with Gasteiger partial charge in [0.15, 0.2) is 5.78 Å². The van der Waals surface area contributed by atoms with Crippen LogP contribution in [0.15, 0.2) is 12.3 Å². The number of aromatic nitrogens is 1. The summed E-state index contributed by atoms with van der Waals surface area (Å²) in [7, 11) is 1.26. The van der Waals surface area contributed by atoms with Gasteiger partial charge < -0.3 is 9.72 Å². The largest absolute Gasteiger partial charge is 0.468 e. The number of aromatic amines is 1. The number of rotatable bonds is 6. The number of H-pyrrole nitrogens is 1. The van der Waals surface area contributed by atoms with Crippen LogP contribution in [0.4, 0.5) is 5.69 Å². The molecule has 7 nitrogen and oxygen atoms in total. The Balaban J connectivity index is 2.47. The molecule has 0 saturated heterocycles. The fourth-order valence-electron chi connectivity index (χ4n) is 1.01. The number of nitrogens with zero attached hydrogens (tertiary/aromatic N) is 1. The SMILES string of the molecule is COC(=O)CSCC(=O)c1cc([N+](=O)[O-])c[nH]1. The number of ketones is 1. The Labute approximate surface area is 101 Å². The molecule has 1 aromatic rings. The smallest absolute Gasteiger partial charge is 0.315 e. The normalized spacial score (nSPS) is 9.94. The number of carbonyl (C=O) groups excluding carboxylic acids is 2. The zero-order chi connectivity index (χ0) is 12.8. The first kappa shape index (κ1) is 13.2. The molecule has 1 heterocycles. The molecule has 1 N–H and O–H groups in total. The molecular formula is C9H10N2O5S. The van der Waals surface area contributed by atoms with E-state index in [4.69, 9.17) is 0 Å². The van der Waals surface area contributed by atoms with Crippen LogP contribution in [0, 0.1) is 10.1 Å². The van der Waals surface area contributed by atoms with Crippen LogP contribution in [0.2, 0.25) is 0 Å². The summed E-state index contributed by atoms with van der Waals surface area (Å²) < 4.78 is 4.41. The van der Waals surface area contributed by atoms with Gasteiger partial charge in [-0.05, 0) is 0 Å². The highest BCUT2D eigenvalue weighted by molar-refractivity contribution is 8.00. The van der Waals surface area contributed by atoms with E-state index in [0.29, 0.717) is 0 Å². The average Bonchev–Trinajstić information content (AvgIpc) is 2.78. The van der Waals surface area contributed by atoms with Crippen LogP contribution >= 0.6 is 11.8 Å². The minimum Gasteiger partial charge on any atom is -0.468 e. The highest BCUT2D eigenvalue weighted by Crippen LogP contribution is 2.14. The lowest BCUT2D eigenvalue weighted by molar-refractivity contribution is -0.384. The molecule has 0 aliphatic heterocycles. The molecule has 0 amide bonds. The molecule has 0 saturated carbocycles. The van der Waals surface area contributed by atoms with Gasteiger partial charge in [0, 0.05) is 6.07 Å². The zero-order valence-electron chi connectivity index (χ0n) is 8.97. The quantitative estimate of drug-likeness (QED) is 0.353. The number of nitro groups is 1. The van der Waals surface area contributed by atoms with E-state index in [-0.39, 0.29) is 28.7 Å². The van der Waals surface area contributed by atoms with E-state index in [1.165, 1.54) is 13.2 Å². The fraction of sp³-hybridized carbons (Fsp3) is 0.333. The topological polar surface area (TPSA) is 102 Å². The first-order valence-electron chi connectivity index (χ1n) is 4.55. The molecular weight excluding hydrogens is 248 g/mol. The molecule has 0 aliphatic carbocycles. The van der Waals surface area contributed by atoms with Crippen molar-refractivity contribution >= 4 is 29.2 Å². The predicted molar refractivity (Wildman–Crippen MR) is 61.1 cm³/mol. The van der Waals surface area contributed by atoms with Crippen molar-refractivity contribution in [3.05, 3.63) is 28.1 Å². The van der Waals surface area contributed by atoms with Gasteiger partial charge in [0.2, 0.25) is 0 Å². The molecule has 0 spiro atoms.